The van der Waals surface area contributed by atoms with Crippen LogP contribution in [-0.4, -0.2) is 18.1 Å². The topological polar surface area (TPSA) is 94.7 Å². The number of carboxylic acid groups (broad SMARTS) is 1. The van der Waals surface area contributed by atoms with Gasteiger partial charge in [-0.2, -0.15) is 5.10 Å². The number of nitrogens with one attached hydrogen (secondary N) is 1. The lowest BCUT2D eigenvalue weighted by Gasteiger charge is -2.03. The van der Waals surface area contributed by atoms with Crippen molar-refractivity contribution in [2.45, 2.75) is 0 Å². The Morgan fingerprint density at radius 2 is 1.81 bits per heavy atom. The van der Waals surface area contributed by atoms with E-state index in [-0.39, 0.29) is 11.5 Å². The Morgan fingerprint density at radius 1 is 1.04 bits per heavy atom. The summed E-state index contributed by atoms with van der Waals surface area (Å²) in [7, 11) is 0. The van der Waals surface area contributed by atoms with Crippen LogP contribution in [0.4, 0.5) is 0 Å². The Bertz CT molecular complexity index is 977. The molecule has 0 aliphatic rings. The SMILES string of the molecule is O=C([O-])c1cccc(-c2ccc(/C=N/NC(=O)c3ccc(Br)cc3)o2)c1. The lowest BCUT2D eigenvalue weighted by molar-refractivity contribution is -0.255. The maximum Gasteiger partial charge on any atom is 0.271 e. The number of carbonyl (C=O) groups is 2. The molecule has 0 spiro atoms. The molecule has 3 rings (SSSR count). The van der Waals surface area contributed by atoms with E-state index in [1.165, 1.54) is 18.3 Å². The number of halogens is 1. The van der Waals surface area contributed by atoms with Crippen LogP contribution in [0, 0.1) is 0 Å². The molecule has 0 saturated heterocycles. The van der Waals surface area contributed by atoms with Crippen molar-refractivity contribution < 1.29 is 19.1 Å². The van der Waals surface area contributed by atoms with Crippen molar-refractivity contribution in [2.24, 2.45) is 5.10 Å². The molecule has 0 bridgehead atoms. The molecule has 2 aromatic carbocycles. The molecular formula is C19H12BrN2O4-. The summed E-state index contributed by atoms with van der Waals surface area (Å²) in [6.45, 7) is 0. The Morgan fingerprint density at radius 3 is 2.54 bits per heavy atom. The van der Waals surface area contributed by atoms with Crippen molar-refractivity contribution >= 4 is 34.0 Å². The first-order chi connectivity index (χ1) is 12.5. The largest absolute Gasteiger partial charge is 0.545 e. The molecule has 0 fully saturated rings. The van der Waals surface area contributed by atoms with Gasteiger partial charge >= 0.3 is 0 Å². The number of hydrazone groups is 1. The van der Waals surface area contributed by atoms with Gasteiger partial charge in [-0.3, -0.25) is 4.79 Å². The van der Waals surface area contributed by atoms with Crippen LogP contribution in [-0.2, 0) is 0 Å². The van der Waals surface area contributed by atoms with Gasteiger partial charge in [0.25, 0.3) is 5.91 Å². The number of benzene rings is 2. The van der Waals surface area contributed by atoms with Crippen LogP contribution in [0.5, 0.6) is 0 Å². The molecule has 0 aliphatic heterocycles. The van der Waals surface area contributed by atoms with Crippen LogP contribution in [0.15, 0.2) is 74.7 Å². The fourth-order valence-electron chi connectivity index (χ4n) is 2.20. The number of rotatable bonds is 5. The highest BCUT2D eigenvalue weighted by Gasteiger charge is 2.06. The second-order valence-electron chi connectivity index (χ2n) is 5.28. The third-order valence-electron chi connectivity index (χ3n) is 3.47. The van der Waals surface area contributed by atoms with E-state index in [0.717, 1.165) is 4.47 Å². The number of carboxylic acids is 1. The Labute approximate surface area is 157 Å². The van der Waals surface area contributed by atoms with Gasteiger partial charge in [0.2, 0.25) is 0 Å². The van der Waals surface area contributed by atoms with E-state index in [4.69, 9.17) is 4.42 Å². The van der Waals surface area contributed by atoms with E-state index in [1.54, 1.807) is 48.5 Å². The zero-order chi connectivity index (χ0) is 18.5. The van der Waals surface area contributed by atoms with Crippen LogP contribution >= 0.6 is 15.9 Å². The zero-order valence-corrected chi connectivity index (χ0v) is 14.9. The zero-order valence-electron chi connectivity index (χ0n) is 13.3. The molecule has 0 aliphatic carbocycles. The molecule has 0 radical (unpaired) electrons. The van der Waals surface area contributed by atoms with Crippen molar-refractivity contribution in [1.82, 2.24) is 5.43 Å². The van der Waals surface area contributed by atoms with E-state index in [0.29, 0.717) is 22.6 Å². The van der Waals surface area contributed by atoms with Crippen LogP contribution in [0.2, 0.25) is 0 Å². The van der Waals surface area contributed by atoms with Crippen LogP contribution < -0.4 is 10.5 Å². The van der Waals surface area contributed by atoms with Crippen LogP contribution in [0.3, 0.4) is 0 Å². The molecule has 7 heteroatoms. The van der Waals surface area contributed by atoms with E-state index in [1.807, 2.05) is 0 Å². The summed E-state index contributed by atoms with van der Waals surface area (Å²) in [5.41, 5.74) is 3.55. The highest BCUT2D eigenvalue weighted by molar-refractivity contribution is 9.10. The number of furan rings is 1. The second kappa shape index (κ2) is 7.79. The lowest BCUT2D eigenvalue weighted by Crippen LogP contribution is -2.22. The number of nitrogens with zero attached hydrogens (tertiary/aromatic N) is 1. The average molecular weight is 412 g/mol. The molecule has 6 nitrogen and oxygen atoms in total. The molecule has 0 saturated carbocycles. The maximum atomic E-state index is 11.9. The molecule has 0 atom stereocenters. The predicted molar refractivity (Wildman–Crippen MR) is 97.7 cm³/mol. The van der Waals surface area contributed by atoms with Crippen LogP contribution in [0.1, 0.15) is 26.5 Å². The van der Waals surface area contributed by atoms with E-state index in [9.17, 15) is 14.7 Å². The minimum absolute atomic E-state index is 0.0656. The predicted octanol–water partition coefficient (Wildman–Crippen LogP) is 2.84. The van der Waals surface area contributed by atoms with Crippen molar-refractivity contribution in [1.29, 1.82) is 0 Å². The summed E-state index contributed by atoms with van der Waals surface area (Å²) in [4.78, 5) is 22.9. The summed E-state index contributed by atoms with van der Waals surface area (Å²) in [6, 6.07) is 16.5. The van der Waals surface area contributed by atoms with Crippen molar-refractivity contribution in [2.75, 3.05) is 0 Å². The Balaban J connectivity index is 1.67. The lowest BCUT2D eigenvalue weighted by atomic mass is 10.1. The van der Waals surface area contributed by atoms with E-state index < -0.39 is 5.97 Å². The molecular weight excluding hydrogens is 400 g/mol. The smallest absolute Gasteiger partial charge is 0.271 e. The number of hydrogen-bond donors (Lipinski definition) is 1. The Hall–Kier alpha value is -3.19. The monoisotopic (exact) mass is 411 g/mol. The highest BCUT2D eigenvalue weighted by atomic mass is 79.9. The minimum atomic E-state index is -1.25. The number of carbonyl (C=O) groups excluding carboxylic acids is 2. The fraction of sp³-hybridized carbons (Fsp3) is 0. The molecule has 1 N–H and O–H groups in total. The third kappa shape index (κ3) is 4.25. The molecule has 26 heavy (non-hydrogen) atoms. The van der Waals surface area contributed by atoms with Crippen molar-refractivity contribution in [3.63, 3.8) is 0 Å². The third-order valence-corrected chi connectivity index (χ3v) is 4.00. The van der Waals surface area contributed by atoms with Gasteiger partial charge in [-0.1, -0.05) is 34.1 Å². The van der Waals surface area contributed by atoms with E-state index in [2.05, 4.69) is 26.5 Å². The summed E-state index contributed by atoms with van der Waals surface area (Å²) in [5.74, 6) is -0.707. The maximum absolute atomic E-state index is 11.9. The van der Waals surface area contributed by atoms with Gasteiger partial charge in [-0.25, -0.2) is 5.43 Å². The molecule has 3 aromatic rings. The average Bonchev–Trinajstić information content (AvgIpc) is 3.11. The summed E-state index contributed by atoms with van der Waals surface area (Å²) < 4.78 is 6.47. The molecule has 0 unspecified atom stereocenters. The van der Waals surface area contributed by atoms with Gasteiger partial charge in [0.15, 0.2) is 0 Å². The Kier molecular flexibility index (Phi) is 5.28. The van der Waals surface area contributed by atoms with Crippen molar-refractivity contribution in [3.8, 4) is 11.3 Å². The fourth-order valence-corrected chi connectivity index (χ4v) is 2.46. The second-order valence-corrected chi connectivity index (χ2v) is 6.19. The molecule has 1 heterocycles. The van der Waals surface area contributed by atoms with Gasteiger partial charge in [0, 0.05) is 15.6 Å². The molecule has 1 aromatic heterocycles. The normalized spacial score (nSPS) is 10.8. The first-order valence-corrected chi connectivity index (χ1v) is 8.33. The highest BCUT2D eigenvalue weighted by Crippen LogP contribution is 2.22. The molecule has 130 valence electrons. The standard InChI is InChI=1S/C19H13BrN2O4/c20-15-6-4-12(5-7-15)18(23)22-21-11-16-8-9-17(26-16)13-2-1-3-14(10-13)19(24)25/h1-11H,(H,22,23)(H,24,25)/p-1/b21-11+. The van der Waals surface area contributed by atoms with Gasteiger partial charge in [0.05, 0.1) is 12.2 Å². The summed E-state index contributed by atoms with van der Waals surface area (Å²) in [6.07, 6.45) is 1.36. The number of aromatic carboxylic acids is 1. The number of amides is 1. The van der Waals surface area contributed by atoms with Gasteiger partial charge in [-0.05, 0) is 48.0 Å². The van der Waals surface area contributed by atoms with Gasteiger partial charge in [0.1, 0.15) is 11.5 Å². The van der Waals surface area contributed by atoms with Crippen LogP contribution in [0.25, 0.3) is 11.3 Å². The number of hydrogen-bond acceptors (Lipinski definition) is 5. The minimum Gasteiger partial charge on any atom is -0.545 e. The quantitative estimate of drug-likeness (QED) is 0.515. The van der Waals surface area contributed by atoms with Crippen molar-refractivity contribution in [3.05, 3.63) is 82.0 Å². The van der Waals surface area contributed by atoms with Gasteiger partial charge in [-0.15, -0.1) is 0 Å². The summed E-state index contributed by atoms with van der Waals surface area (Å²) >= 11 is 3.30. The first kappa shape index (κ1) is 17.6. The van der Waals surface area contributed by atoms with Gasteiger partial charge < -0.3 is 14.3 Å². The molecule has 1 amide bonds. The summed E-state index contributed by atoms with van der Waals surface area (Å²) in [5, 5.41) is 14.8. The first-order valence-electron chi connectivity index (χ1n) is 7.53. The van der Waals surface area contributed by atoms with E-state index >= 15 is 0 Å².